The molecule has 2 heteroatoms. The Morgan fingerprint density at radius 2 is 2.00 bits per heavy atom. The molecule has 0 unspecified atom stereocenters. The Labute approximate surface area is 80.7 Å². The molecule has 0 bridgehead atoms. The maximum absolute atomic E-state index is 4.31. The highest BCUT2D eigenvalue weighted by atomic mass is 15.1. The summed E-state index contributed by atoms with van der Waals surface area (Å²) >= 11 is 0. The minimum Gasteiger partial charge on any atom is -0.333 e. The molecule has 0 saturated carbocycles. The molecule has 0 spiro atoms. The van der Waals surface area contributed by atoms with Crippen LogP contribution in [0.15, 0.2) is 16.3 Å². The van der Waals surface area contributed by atoms with Crippen LogP contribution in [0, 0.1) is 11.5 Å². The summed E-state index contributed by atoms with van der Waals surface area (Å²) in [6.45, 7) is 14.6. The SMILES string of the molecule is C=[N+]1C=NC(C)=C(C(C)(C)C)[C-]1C. The van der Waals surface area contributed by atoms with E-state index >= 15 is 0 Å². The van der Waals surface area contributed by atoms with E-state index in [2.05, 4.69) is 39.4 Å². The van der Waals surface area contributed by atoms with Crippen molar-refractivity contribution < 1.29 is 4.58 Å². The molecule has 0 radical (unpaired) electrons. The van der Waals surface area contributed by atoms with Crippen molar-refractivity contribution in [3.05, 3.63) is 17.3 Å². The molecule has 0 saturated heterocycles. The van der Waals surface area contributed by atoms with E-state index in [4.69, 9.17) is 0 Å². The van der Waals surface area contributed by atoms with Crippen LogP contribution in [0.3, 0.4) is 0 Å². The summed E-state index contributed by atoms with van der Waals surface area (Å²) in [6.07, 6.45) is 1.76. The predicted octanol–water partition coefficient (Wildman–Crippen LogP) is 2.61. The molecule has 0 amide bonds. The molecule has 13 heavy (non-hydrogen) atoms. The van der Waals surface area contributed by atoms with Crippen molar-refractivity contribution in [1.82, 2.24) is 0 Å². The highest BCUT2D eigenvalue weighted by Crippen LogP contribution is 2.36. The summed E-state index contributed by atoms with van der Waals surface area (Å²) in [4.78, 5) is 4.31. The van der Waals surface area contributed by atoms with E-state index in [9.17, 15) is 0 Å². The van der Waals surface area contributed by atoms with Gasteiger partial charge in [0.25, 0.3) is 0 Å². The van der Waals surface area contributed by atoms with Gasteiger partial charge in [0.15, 0.2) is 0 Å². The summed E-state index contributed by atoms with van der Waals surface area (Å²) in [5.74, 6) is 0. The zero-order chi connectivity index (χ0) is 10.2. The Bertz CT molecular complexity index is 290. The smallest absolute Gasteiger partial charge is 0.201 e. The van der Waals surface area contributed by atoms with Gasteiger partial charge in [-0.25, -0.2) is 0 Å². The monoisotopic (exact) mass is 178 g/mol. The maximum Gasteiger partial charge on any atom is 0.201 e. The Morgan fingerprint density at radius 3 is 2.38 bits per heavy atom. The van der Waals surface area contributed by atoms with Crippen LogP contribution in [0.4, 0.5) is 0 Å². The molecule has 0 aromatic rings. The molecule has 1 heterocycles. The van der Waals surface area contributed by atoms with Crippen molar-refractivity contribution in [3.8, 4) is 0 Å². The quantitative estimate of drug-likeness (QED) is 0.400. The van der Waals surface area contributed by atoms with Crippen molar-refractivity contribution in [2.45, 2.75) is 34.6 Å². The molecule has 0 fully saturated rings. The first-order chi connectivity index (χ1) is 5.84. The van der Waals surface area contributed by atoms with E-state index in [-0.39, 0.29) is 5.41 Å². The average molecular weight is 178 g/mol. The van der Waals surface area contributed by atoms with Gasteiger partial charge in [0, 0.05) is 6.04 Å². The summed E-state index contributed by atoms with van der Waals surface area (Å²) in [6, 6.07) is 1.19. The Hall–Kier alpha value is -1.05. The Balaban J connectivity index is 3.17. The Kier molecular flexibility index (Phi) is 2.33. The normalized spacial score (nSPS) is 18.5. The lowest BCUT2D eigenvalue weighted by Gasteiger charge is -2.33. The van der Waals surface area contributed by atoms with Gasteiger partial charge in [-0.15, -0.1) is 0 Å². The van der Waals surface area contributed by atoms with E-state index in [1.54, 1.807) is 6.34 Å². The van der Waals surface area contributed by atoms with Crippen LogP contribution in [0.2, 0.25) is 0 Å². The highest BCUT2D eigenvalue weighted by Gasteiger charge is 2.26. The van der Waals surface area contributed by atoms with E-state index in [1.165, 1.54) is 11.6 Å². The minimum atomic E-state index is 0.141. The summed E-state index contributed by atoms with van der Waals surface area (Å²) in [5, 5.41) is 0. The first kappa shape index (κ1) is 10.0. The molecule has 1 rings (SSSR count). The van der Waals surface area contributed by atoms with Crippen LogP contribution in [0.5, 0.6) is 0 Å². The molecule has 0 atom stereocenters. The lowest BCUT2D eigenvalue weighted by molar-refractivity contribution is -0.367. The average Bonchev–Trinajstić information content (AvgIpc) is 1.95. The van der Waals surface area contributed by atoms with Gasteiger partial charge in [0.1, 0.15) is 0 Å². The summed E-state index contributed by atoms with van der Waals surface area (Å²) in [7, 11) is 0. The molecule has 0 N–H and O–H groups in total. The minimum absolute atomic E-state index is 0.141. The molecule has 72 valence electrons. The van der Waals surface area contributed by atoms with Crippen molar-refractivity contribution in [1.29, 1.82) is 0 Å². The van der Waals surface area contributed by atoms with Crippen LogP contribution in [-0.2, 0) is 0 Å². The number of rotatable bonds is 0. The highest BCUT2D eigenvalue weighted by molar-refractivity contribution is 5.56. The molecule has 0 aliphatic carbocycles. The summed E-state index contributed by atoms with van der Waals surface area (Å²) in [5.41, 5.74) is 2.54. The second kappa shape index (κ2) is 3.02. The van der Waals surface area contributed by atoms with Crippen LogP contribution in [0.1, 0.15) is 34.6 Å². The van der Waals surface area contributed by atoms with Crippen molar-refractivity contribution in [2.24, 2.45) is 10.4 Å². The largest absolute Gasteiger partial charge is 0.333 e. The van der Waals surface area contributed by atoms with E-state index in [1.807, 2.05) is 11.5 Å². The second-order valence-corrected chi connectivity index (χ2v) is 4.51. The zero-order valence-electron chi connectivity index (χ0n) is 9.18. The predicted molar refractivity (Wildman–Crippen MR) is 56.9 cm³/mol. The standard InChI is InChI=1S/C11H18N2/c1-8-10(11(3,4)5)9(2)13(6)7-12-8/h7H,6H2,1-5H3. The number of hydrogen-bond acceptors (Lipinski definition) is 1. The van der Waals surface area contributed by atoms with E-state index in [0.717, 1.165) is 5.70 Å². The number of hydrogen-bond donors (Lipinski definition) is 0. The topological polar surface area (TPSA) is 15.4 Å². The fraction of sp³-hybridized carbons (Fsp3) is 0.545. The van der Waals surface area contributed by atoms with Crippen LogP contribution in [-0.4, -0.2) is 17.6 Å². The van der Waals surface area contributed by atoms with Crippen molar-refractivity contribution in [3.63, 3.8) is 0 Å². The molecular formula is C11H18N2. The van der Waals surface area contributed by atoms with Crippen LogP contribution >= 0.6 is 0 Å². The van der Waals surface area contributed by atoms with Gasteiger partial charge in [-0.05, 0) is 31.6 Å². The second-order valence-electron chi connectivity index (χ2n) is 4.51. The molecule has 1 aliphatic rings. The number of nitrogens with zero attached hydrogens (tertiary/aromatic N) is 2. The lowest BCUT2D eigenvalue weighted by Crippen LogP contribution is -2.26. The summed E-state index contributed by atoms with van der Waals surface area (Å²) < 4.78 is 1.83. The van der Waals surface area contributed by atoms with Crippen molar-refractivity contribution >= 4 is 13.1 Å². The molecular weight excluding hydrogens is 160 g/mol. The molecule has 1 aliphatic heterocycles. The van der Waals surface area contributed by atoms with Gasteiger partial charge in [-0.3, -0.25) is 0 Å². The third-order valence-corrected chi connectivity index (χ3v) is 2.30. The molecule has 2 nitrogen and oxygen atoms in total. The van der Waals surface area contributed by atoms with Gasteiger partial charge in [-0.1, -0.05) is 20.8 Å². The third kappa shape index (κ3) is 1.82. The van der Waals surface area contributed by atoms with Gasteiger partial charge < -0.3 is 4.58 Å². The number of aliphatic imine (C=N–C) groups is 1. The molecule has 0 aromatic heterocycles. The fourth-order valence-electron chi connectivity index (χ4n) is 1.80. The van der Waals surface area contributed by atoms with Crippen LogP contribution in [0.25, 0.3) is 0 Å². The van der Waals surface area contributed by atoms with Crippen molar-refractivity contribution in [2.75, 3.05) is 0 Å². The maximum atomic E-state index is 4.31. The fourth-order valence-corrected chi connectivity index (χ4v) is 1.80. The third-order valence-electron chi connectivity index (χ3n) is 2.30. The lowest BCUT2D eigenvalue weighted by atomic mass is 9.81. The van der Waals surface area contributed by atoms with Gasteiger partial charge in [0.05, 0.1) is 5.70 Å². The molecule has 0 aromatic carbocycles. The van der Waals surface area contributed by atoms with Gasteiger partial charge in [-0.2, -0.15) is 4.99 Å². The first-order valence-corrected chi connectivity index (χ1v) is 4.53. The van der Waals surface area contributed by atoms with Gasteiger partial charge in [0.2, 0.25) is 6.34 Å². The van der Waals surface area contributed by atoms with E-state index < -0.39 is 0 Å². The van der Waals surface area contributed by atoms with Crippen LogP contribution < -0.4 is 0 Å². The zero-order valence-corrected chi connectivity index (χ0v) is 9.18. The van der Waals surface area contributed by atoms with Gasteiger partial charge >= 0.3 is 0 Å². The first-order valence-electron chi connectivity index (χ1n) is 4.53. The Morgan fingerprint density at radius 1 is 1.46 bits per heavy atom. The van der Waals surface area contributed by atoms with E-state index in [0.29, 0.717) is 0 Å². The number of allylic oxidation sites excluding steroid dienone is 1.